The second-order valence-electron chi connectivity index (χ2n) is 8.35. The largest absolute Gasteiger partial charge is 0.365 e. The van der Waals surface area contributed by atoms with E-state index in [1.165, 1.54) is 18.2 Å². The van der Waals surface area contributed by atoms with E-state index in [0.29, 0.717) is 35.6 Å². The van der Waals surface area contributed by atoms with E-state index < -0.39 is 11.7 Å². The van der Waals surface area contributed by atoms with Gasteiger partial charge < -0.3 is 16.0 Å². The number of benzene rings is 2. The zero-order valence-corrected chi connectivity index (χ0v) is 19.1. The van der Waals surface area contributed by atoms with Crippen molar-refractivity contribution in [2.24, 2.45) is 10.7 Å². The molecule has 2 aliphatic rings. The van der Waals surface area contributed by atoms with Gasteiger partial charge in [0.2, 0.25) is 0 Å². The third kappa shape index (κ3) is 4.03. The Morgan fingerprint density at radius 2 is 1.97 bits per heavy atom. The fourth-order valence-electron chi connectivity index (χ4n) is 4.24. The number of fused-ring (bicyclic) bond motifs is 1. The van der Waals surface area contributed by atoms with Gasteiger partial charge in [0.15, 0.2) is 0 Å². The van der Waals surface area contributed by atoms with Gasteiger partial charge in [-0.3, -0.25) is 14.5 Å². The summed E-state index contributed by atoms with van der Waals surface area (Å²) in [4.78, 5) is 31.3. The van der Waals surface area contributed by atoms with Crippen molar-refractivity contribution in [3.63, 3.8) is 0 Å². The molecule has 3 heterocycles. The second-order valence-corrected chi connectivity index (χ2v) is 8.75. The van der Waals surface area contributed by atoms with E-state index >= 15 is 0 Å². The molecule has 0 fully saturated rings. The van der Waals surface area contributed by atoms with Crippen LogP contribution in [0.15, 0.2) is 47.5 Å². The lowest BCUT2D eigenvalue weighted by atomic mass is 10.0. The average molecular weight is 481 g/mol. The molecule has 0 bridgehead atoms. The van der Waals surface area contributed by atoms with Crippen molar-refractivity contribution in [2.75, 3.05) is 11.9 Å². The number of halogens is 2. The van der Waals surface area contributed by atoms with Gasteiger partial charge >= 0.3 is 6.03 Å². The number of carbonyl (C=O) groups is 2. The van der Waals surface area contributed by atoms with Gasteiger partial charge in [0, 0.05) is 24.0 Å². The SMILES string of the molecule is CCC1CN(C(=O)Nc2ccc(C3C=N3)cc2)Cc2c(C(N)=O)c(-c3ccc(F)c(Cl)c3)nn21. The third-order valence-electron chi connectivity index (χ3n) is 6.13. The van der Waals surface area contributed by atoms with Gasteiger partial charge in [0.25, 0.3) is 5.91 Å². The zero-order chi connectivity index (χ0) is 24.0. The van der Waals surface area contributed by atoms with E-state index in [1.54, 1.807) is 9.58 Å². The molecule has 2 unspecified atom stereocenters. The van der Waals surface area contributed by atoms with Crippen LogP contribution < -0.4 is 11.1 Å². The molecule has 34 heavy (non-hydrogen) atoms. The number of carbonyl (C=O) groups excluding carboxylic acids is 2. The number of primary amides is 1. The Balaban J connectivity index is 1.45. The summed E-state index contributed by atoms with van der Waals surface area (Å²) in [6.07, 6.45) is 2.54. The van der Waals surface area contributed by atoms with Crippen LogP contribution >= 0.6 is 11.6 Å². The van der Waals surface area contributed by atoms with Crippen LogP contribution in [0.1, 0.15) is 47.0 Å². The van der Waals surface area contributed by atoms with Crippen molar-refractivity contribution in [3.05, 3.63) is 70.1 Å². The molecule has 0 saturated carbocycles. The molecule has 2 atom stereocenters. The van der Waals surface area contributed by atoms with Crippen LogP contribution in [-0.2, 0) is 6.54 Å². The fourth-order valence-corrected chi connectivity index (χ4v) is 4.42. The van der Waals surface area contributed by atoms with Crippen LogP contribution in [0.25, 0.3) is 11.3 Å². The first-order valence-electron chi connectivity index (χ1n) is 10.9. The van der Waals surface area contributed by atoms with E-state index in [2.05, 4.69) is 15.4 Å². The summed E-state index contributed by atoms with van der Waals surface area (Å²) in [5.41, 5.74) is 9.02. The van der Waals surface area contributed by atoms with E-state index in [1.807, 2.05) is 37.4 Å². The van der Waals surface area contributed by atoms with Crippen LogP contribution in [0.2, 0.25) is 5.02 Å². The highest BCUT2D eigenvalue weighted by Crippen LogP contribution is 2.34. The lowest BCUT2D eigenvalue weighted by molar-refractivity contribution is 0.0996. The number of hydrogen-bond donors (Lipinski definition) is 2. The number of urea groups is 1. The second kappa shape index (κ2) is 8.57. The van der Waals surface area contributed by atoms with Crippen molar-refractivity contribution < 1.29 is 14.0 Å². The Labute approximate surface area is 200 Å². The van der Waals surface area contributed by atoms with Gasteiger partial charge in [-0.1, -0.05) is 30.7 Å². The molecule has 0 aliphatic carbocycles. The Kier molecular flexibility index (Phi) is 5.57. The molecule has 0 spiro atoms. The number of nitrogens with zero attached hydrogens (tertiary/aromatic N) is 4. The average Bonchev–Trinajstić information content (AvgIpc) is 3.60. The van der Waals surface area contributed by atoms with Crippen LogP contribution in [0.5, 0.6) is 0 Å². The maximum Gasteiger partial charge on any atom is 0.322 e. The van der Waals surface area contributed by atoms with Crippen molar-refractivity contribution in [1.29, 1.82) is 0 Å². The first-order valence-corrected chi connectivity index (χ1v) is 11.3. The van der Waals surface area contributed by atoms with E-state index in [0.717, 1.165) is 5.56 Å². The van der Waals surface area contributed by atoms with Crippen molar-refractivity contribution >= 4 is 35.4 Å². The lowest BCUT2D eigenvalue weighted by Crippen LogP contribution is -2.43. The molecule has 0 radical (unpaired) electrons. The quantitative estimate of drug-likeness (QED) is 0.558. The van der Waals surface area contributed by atoms with E-state index in [9.17, 15) is 14.0 Å². The number of hydrogen-bond acceptors (Lipinski definition) is 4. The molecular formula is C24H22ClFN6O2. The summed E-state index contributed by atoms with van der Waals surface area (Å²) in [5.74, 6) is -1.24. The van der Waals surface area contributed by atoms with Gasteiger partial charge in [-0.05, 0) is 42.3 Å². The van der Waals surface area contributed by atoms with Crippen molar-refractivity contribution in [3.8, 4) is 11.3 Å². The first kappa shape index (κ1) is 22.1. The Bertz CT molecular complexity index is 1310. The number of aromatic nitrogens is 2. The fraction of sp³-hybridized carbons (Fsp3) is 0.250. The first-order chi connectivity index (χ1) is 16.4. The maximum atomic E-state index is 13.7. The molecule has 3 amide bonds. The van der Waals surface area contributed by atoms with Crippen molar-refractivity contribution in [2.45, 2.75) is 32.0 Å². The number of nitrogens with one attached hydrogen (secondary N) is 1. The Hall–Kier alpha value is -3.72. The summed E-state index contributed by atoms with van der Waals surface area (Å²) in [6.45, 7) is 2.54. The molecule has 10 heteroatoms. The highest BCUT2D eigenvalue weighted by molar-refractivity contribution is 6.31. The monoisotopic (exact) mass is 480 g/mol. The Morgan fingerprint density at radius 1 is 1.24 bits per heavy atom. The molecule has 174 valence electrons. The summed E-state index contributed by atoms with van der Waals surface area (Å²) in [7, 11) is 0. The van der Waals surface area contributed by atoms with Gasteiger partial charge in [-0.25, -0.2) is 9.18 Å². The summed E-state index contributed by atoms with van der Waals surface area (Å²) in [5, 5.41) is 7.48. The highest BCUT2D eigenvalue weighted by atomic mass is 35.5. The topological polar surface area (TPSA) is 106 Å². The number of nitrogens with two attached hydrogens (primary N) is 1. The number of rotatable bonds is 5. The number of anilines is 1. The molecule has 8 nitrogen and oxygen atoms in total. The minimum absolute atomic E-state index is 0.0776. The number of amides is 3. The Morgan fingerprint density at radius 3 is 2.59 bits per heavy atom. The van der Waals surface area contributed by atoms with Gasteiger partial charge in [-0.2, -0.15) is 5.10 Å². The predicted octanol–water partition coefficient (Wildman–Crippen LogP) is 4.57. The molecule has 3 aromatic rings. The summed E-state index contributed by atoms with van der Waals surface area (Å²) in [6, 6.07) is 11.4. The molecule has 2 aromatic carbocycles. The lowest BCUT2D eigenvalue weighted by Gasteiger charge is -2.33. The smallest absolute Gasteiger partial charge is 0.322 e. The van der Waals surface area contributed by atoms with Crippen LogP contribution in [0.4, 0.5) is 14.9 Å². The number of aliphatic imine (C=N–C) groups is 1. The van der Waals surface area contributed by atoms with Gasteiger partial charge in [0.1, 0.15) is 17.6 Å². The standard InChI is InChI=1S/C24H22ClFN6O2/c1-2-16-11-31(24(34)29-15-6-3-13(4-7-15)19-10-28-19)12-20-21(23(27)33)22(30-32(16)20)14-5-8-18(26)17(25)9-14/h3-10,16,19H,2,11-12H2,1H3,(H2,27,33)(H,29,34). The minimum Gasteiger partial charge on any atom is -0.365 e. The molecule has 2 aliphatic heterocycles. The van der Waals surface area contributed by atoms with E-state index in [-0.39, 0.29) is 35.2 Å². The van der Waals surface area contributed by atoms with Crippen LogP contribution in [0, 0.1) is 5.82 Å². The molecule has 3 N–H and O–H groups in total. The minimum atomic E-state index is -0.674. The van der Waals surface area contributed by atoms with Crippen LogP contribution in [-0.4, -0.2) is 39.4 Å². The van der Waals surface area contributed by atoms with E-state index in [4.69, 9.17) is 17.3 Å². The predicted molar refractivity (Wildman–Crippen MR) is 128 cm³/mol. The van der Waals surface area contributed by atoms with Crippen LogP contribution in [0.3, 0.4) is 0 Å². The summed E-state index contributed by atoms with van der Waals surface area (Å²) < 4.78 is 15.4. The van der Waals surface area contributed by atoms with Gasteiger partial charge in [-0.15, -0.1) is 0 Å². The molecule has 0 saturated heterocycles. The normalized spacial score (nSPS) is 18.5. The highest BCUT2D eigenvalue weighted by Gasteiger charge is 2.34. The molecule has 5 rings (SSSR count). The summed E-state index contributed by atoms with van der Waals surface area (Å²) >= 11 is 5.96. The zero-order valence-electron chi connectivity index (χ0n) is 18.3. The maximum absolute atomic E-state index is 13.7. The van der Waals surface area contributed by atoms with Crippen molar-refractivity contribution in [1.82, 2.24) is 14.7 Å². The molecular weight excluding hydrogens is 459 g/mol. The van der Waals surface area contributed by atoms with Gasteiger partial charge in [0.05, 0.1) is 28.9 Å². The molecule has 1 aromatic heterocycles. The third-order valence-corrected chi connectivity index (χ3v) is 6.42.